The van der Waals surface area contributed by atoms with Crippen LogP contribution in [0.4, 0.5) is 0 Å². The van der Waals surface area contributed by atoms with Gasteiger partial charge in [0.25, 0.3) is 0 Å². The number of aliphatic hydroxyl groups is 1. The van der Waals surface area contributed by atoms with Gasteiger partial charge in [0.2, 0.25) is 0 Å². The van der Waals surface area contributed by atoms with E-state index in [0.717, 1.165) is 29.1 Å². The van der Waals surface area contributed by atoms with Crippen molar-refractivity contribution in [1.29, 1.82) is 5.26 Å². The zero-order chi connectivity index (χ0) is 15.5. The summed E-state index contributed by atoms with van der Waals surface area (Å²) < 4.78 is 4.75. The molecule has 2 rings (SSSR count). The summed E-state index contributed by atoms with van der Waals surface area (Å²) in [6.45, 7) is 1.72. The maximum absolute atomic E-state index is 11.4. The van der Waals surface area contributed by atoms with Crippen LogP contribution in [0, 0.1) is 16.7 Å². The van der Waals surface area contributed by atoms with Gasteiger partial charge in [-0.1, -0.05) is 6.07 Å². The Bertz CT molecular complexity index is 573. The summed E-state index contributed by atoms with van der Waals surface area (Å²) in [5.74, 6) is 0.631. The highest BCUT2D eigenvalue weighted by molar-refractivity contribution is 7.99. The van der Waals surface area contributed by atoms with Crippen molar-refractivity contribution >= 4 is 17.7 Å². The van der Waals surface area contributed by atoms with Crippen molar-refractivity contribution in [1.82, 2.24) is 0 Å². The minimum atomic E-state index is -0.573. The highest BCUT2D eigenvalue weighted by atomic mass is 32.2. The molecule has 1 fully saturated rings. The van der Waals surface area contributed by atoms with E-state index in [4.69, 9.17) is 10.00 Å². The van der Waals surface area contributed by atoms with E-state index in [2.05, 4.69) is 6.07 Å². The topological polar surface area (TPSA) is 70.3 Å². The second kappa shape index (κ2) is 6.50. The number of carbonyl (C=O) groups excluding carboxylic acids is 1. The molecule has 0 saturated heterocycles. The lowest BCUT2D eigenvalue weighted by Gasteiger charge is -2.16. The lowest BCUT2D eigenvalue weighted by Crippen LogP contribution is -2.13. The molecule has 0 bridgehead atoms. The van der Waals surface area contributed by atoms with Gasteiger partial charge in [-0.05, 0) is 42.9 Å². The minimum absolute atomic E-state index is 0.0242. The number of hydrogen-bond donors (Lipinski definition) is 1. The van der Waals surface area contributed by atoms with E-state index >= 15 is 0 Å². The first kappa shape index (κ1) is 15.9. The van der Waals surface area contributed by atoms with Gasteiger partial charge >= 0.3 is 5.97 Å². The maximum Gasteiger partial charge on any atom is 0.306 e. The van der Waals surface area contributed by atoms with Crippen molar-refractivity contribution in [3.63, 3.8) is 0 Å². The predicted molar refractivity (Wildman–Crippen MR) is 80.8 cm³/mol. The van der Waals surface area contributed by atoms with E-state index in [-0.39, 0.29) is 11.4 Å². The molecule has 1 aromatic rings. The number of hydrogen-bond acceptors (Lipinski definition) is 5. The molecule has 21 heavy (non-hydrogen) atoms. The molecule has 0 unspecified atom stereocenters. The van der Waals surface area contributed by atoms with Crippen molar-refractivity contribution < 1.29 is 14.6 Å². The van der Waals surface area contributed by atoms with Crippen molar-refractivity contribution in [2.24, 2.45) is 5.41 Å². The van der Waals surface area contributed by atoms with Crippen LogP contribution in [0.2, 0.25) is 0 Å². The highest BCUT2D eigenvalue weighted by Gasteiger charge is 2.44. The number of nitriles is 1. The molecule has 1 N–H and O–H groups in total. The third kappa shape index (κ3) is 3.99. The van der Waals surface area contributed by atoms with Crippen molar-refractivity contribution in [3.05, 3.63) is 29.3 Å². The van der Waals surface area contributed by atoms with Crippen molar-refractivity contribution in [3.8, 4) is 6.07 Å². The molecule has 112 valence electrons. The fourth-order valence-corrected chi connectivity index (χ4v) is 3.70. The summed E-state index contributed by atoms with van der Waals surface area (Å²) in [5, 5.41) is 18.8. The Balaban J connectivity index is 2.09. The molecule has 0 amide bonds. The van der Waals surface area contributed by atoms with Crippen LogP contribution in [0.15, 0.2) is 23.1 Å². The van der Waals surface area contributed by atoms with Gasteiger partial charge in [0.05, 0.1) is 31.3 Å². The molecule has 1 aliphatic carbocycles. The lowest BCUT2D eigenvalue weighted by molar-refractivity contribution is -0.141. The molecule has 1 saturated carbocycles. The van der Waals surface area contributed by atoms with Crippen LogP contribution in [-0.4, -0.2) is 23.9 Å². The zero-order valence-electron chi connectivity index (χ0n) is 12.3. The quantitative estimate of drug-likeness (QED) is 0.646. The predicted octanol–water partition coefficient (Wildman–Crippen LogP) is 3.05. The molecule has 0 radical (unpaired) electrons. The monoisotopic (exact) mass is 305 g/mol. The van der Waals surface area contributed by atoms with Gasteiger partial charge in [0, 0.05) is 10.6 Å². The van der Waals surface area contributed by atoms with E-state index in [1.54, 1.807) is 36.9 Å². The number of carbonyl (C=O) groups is 1. The average molecular weight is 305 g/mol. The van der Waals surface area contributed by atoms with Gasteiger partial charge in [-0.3, -0.25) is 4.79 Å². The Morgan fingerprint density at radius 1 is 1.57 bits per heavy atom. The van der Waals surface area contributed by atoms with Crippen LogP contribution in [-0.2, 0) is 9.53 Å². The number of esters is 1. The molecule has 4 nitrogen and oxygen atoms in total. The van der Waals surface area contributed by atoms with Gasteiger partial charge in [-0.2, -0.15) is 5.26 Å². The van der Waals surface area contributed by atoms with Gasteiger partial charge in [-0.25, -0.2) is 0 Å². The van der Waals surface area contributed by atoms with Gasteiger partial charge in [0.15, 0.2) is 0 Å². The third-order valence-corrected chi connectivity index (χ3v) is 5.25. The van der Waals surface area contributed by atoms with Crippen molar-refractivity contribution in [2.75, 3.05) is 12.9 Å². The van der Waals surface area contributed by atoms with Gasteiger partial charge in [-0.15, -0.1) is 11.8 Å². The van der Waals surface area contributed by atoms with E-state index in [9.17, 15) is 9.90 Å². The van der Waals surface area contributed by atoms with Crippen LogP contribution in [0.3, 0.4) is 0 Å². The first-order chi connectivity index (χ1) is 9.99. The second-order valence-electron chi connectivity index (χ2n) is 5.58. The van der Waals surface area contributed by atoms with Crippen LogP contribution in [0.25, 0.3) is 0 Å². The van der Waals surface area contributed by atoms with Crippen LogP contribution >= 0.6 is 11.8 Å². The Kier molecular flexibility index (Phi) is 4.92. The highest BCUT2D eigenvalue weighted by Crippen LogP contribution is 2.52. The minimum Gasteiger partial charge on any atom is -0.469 e. The van der Waals surface area contributed by atoms with E-state index < -0.39 is 6.10 Å². The average Bonchev–Trinajstić information content (AvgIpc) is 3.24. The Labute approximate surface area is 129 Å². The summed E-state index contributed by atoms with van der Waals surface area (Å²) in [6.07, 6.45) is 1.92. The summed E-state index contributed by atoms with van der Waals surface area (Å²) in [4.78, 5) is 12.4. The Morgan fingerprint density at radius 3 is 2.81 bits per heavy atom. The molecule has 1 atom stereocenters. The lowest BCUT2D eigenvalue weighted by atomic mass is 10.1. The van der Waals surface area contributed by atoms with E-state index in [1.165, 1.54) is 7.11 Å². The number of ether oxygens (including phenoxy) is 1. The second-order valence-corrected chi connectivity index (χ2v) is 6.60. The van der Waals surface area contributed by atoms with Crippen LogP contribution in [0.1, 0.15) is 43.4 Å². The molecule has 1 aliphatic rings. The molecular weight excluding hydrogens is 286 g/mol. The largest absolute Gasteiger partial charge is 0.469 e. The number of methoxy groups -OCH3 is 1. The summed E-state index contributed by atoms with van der Waals surface area (Å²) in [7, 11) is 1.41. The van der Waals surface area contributed by atoms with Gasteiger partial charge in [0.1, 0.15) is 0 Å². The molecule has 0 aliphatic heterocycles. The van der Waals surface area contributed by atoms with Crippen LogP contribution < -0.4 is 0 Å². The summed E-state index contributed by atoms with van der Waals surface area (Å²) in [6, 6.07) is 7.44. The SMILES string of the molecule is COC(=O)CC1(CSc2cc(C#N)ccc2[C@@H](C)O)CC1. The number of rotatable bonds is 6. The van der Waals surface area contributed by atoms with Crippen molar-refractivity contribution in [2.45, 2.75) is 37.2 Å². The van der Waals surface area contributed by atoms with E-state index in [1.807, 2.05) is 0 Å². The van der Waals surface area contributed by atoms with Gasteiger partial charge < -0.3 is 9.84 Å². The molecule has 0 spiro atoms. The number of benzene rings is 1. The molecule has 5 heteroatoms. The van der Waals surface area contributed by atoms with E-state index in [0.29, 0.717) is 12.0 Å². The number of nitrogens with zero attached hydrogens (tertiary/aromatic N) is 1. The Hall–Kier alpha value is -1.51. The fraction of sp³-hybridized carbons (Fsp3) is 0.500. The smallest absolute Gasteiger partial charge is 0.306 e. The summed E-state index contributed by atoms with van der Waals surface area (Å²) >= 11 is 1.61. The zero-order valence-corrected chi connectivity index (χ0v) is 13.1. The fourth-order valence-electron chi connectivity index (χ4n) is 2.23. The first-order valence-electron chi connectivity index (χ1n) is 6.91. The molecular formula is C16H19NO3S. The first-order valence-corrected chi connectivity index (χ1v) is 7.90. The number of thioether (sulfide) groups is 1. The van der Waals surface area contributed by atoms with Crippen LogP contribution in [0.5, 0.6) is 0 Å². The maximum atomic E-state index is 11.4. The standard InChI is InChI=1S/C16H19NO3S/c1-11(18)13-4-3-12(9-17)7-14(13)21-10-16(5-6-16)8-15(19)20-2/h3-4,7,11,18H,5-6,8,10H2,1-2H3/t11-/m1/s1. The molecule has 1 aromatic carbocycles. The number of aliphatic hydroxyl groups excluding tert-OH is 1. The normalized spacial score (nSPS) is 16.9. The summed E-state index contributed by atoms with van der Waals surface area (Å²) in [5.41, 5.74) is 1.43. The molecule has 0 aromatic heterocycles. The third-order valence-electron chi connectivity index (χ3n) is 3.83. The Morgan fingerprint density at radius 2 is 2.29 bits per heavy atom. The molecule has 0 heterocycles.